The van der Waals surface area contributed by atoms with Crippen LogP contribution in [0.25, 0.3) is 0 Å². The van der Waals surface area contributed by atoms with Crippen molar-refractivity contribution in [2.45, 2.75) is 52.1 Å². The Kier molecular flexibility index (Phi) is 4.88. The number of benzene rings is 1. The van der Waals surface area contributed by atoms with Gasteiger partial charge in [0, 0.05) is 10.7 Å². The maximum atomic E-state index is 12.7. The van der Waals surface area contributed by atoms with E-state index in [1.54, 1.807) is 11.0 Å². The van der Waals surface area contributed by atoms with Gasteiger partial charge in [-0.05, 0) is 37.5 Å². The summed E-state index contributed by atoms with van der Waals surface area (Å²) < 4.78 is 0. The third kappa shape index (κ3) is 3.05. The molecule has 2 atom stereocenters. The Bertz CT molecular complexity index is 559. The Hall–Kier alpha value is -1.55. The second kappa shape index (κ2) is 6.48. The van der Waals surface area contributed by atoms with Gasteiger partial charge in [0.05, 0.1) is 0 Å². The molecule has 1 aromatic rings. The average molecular weight is 309 g/mol. The first-order valence-corrected chi connectivity index (χ1v) is 7.77. The van der Waals surface area contributed by atoms with E-state index >= 15 is 0 Å². The highest BCUT2D eigenvalue weighted by molar-refractivity contribution is 6.31. The van der Waals surface area contributed by atoms with Crippen molar-refractivity contribution in [1.82, 2.24) is 5.32 Å². The molecule has 1 heterocycles. The van der Waals surface area contributed by atoms with E-state index in [-0.39, 0.29) is 11.8 Å². The van der Waals surface area contributed by atoms with E-state index in [2.05, 4.69) is 5.32 Å². The van der Waals surface area contributed by atoms with Gasteiger partial charge in [0.25, 0.3) is 0 Å². The smallest absolute Gasteiger partial charge is 0.250 e. The summed E-state index contributed by atoms with van der Waals surface area (Å²) in [6.07, 6.45) is 2.06. The van der Waals surface area contributed by atoms with Gasteiger partial charge in [-0.25, -0.2) is 0 Å². The Balaban J connectivity index is 2.41. The molecule has 1 saturated heterocycles. The number of hydrogen-bond acceptors (Lipinski definition) is 2. The minimum absolute atomic E-state index is 0.0526. The standard InChI is InChI=1S/C16H21ClN2O2/c1-4-6-13-16(21)19(14(5-2)15(20)18-13)11-8-7-10(3)12(17)9-11/h7-9,13-14H,4-6H2,1-3H3,(H,18,20). The summed E-state index contributed by atoms with van der Waals surface area (Å²) in [6.45, 7) is 5.81. The van der Waals surface area contributed by atoms with Crippen molar-refractivity contribution in [3.8, 4) is 0 Å². The van der Waals surface area contributed by atoms with Crippen LogP contribution in [-0.2, 0) is 9.59 Å². The third-order valence-corrected chi connectivity index (χ3v) is 4.27. The summed E-state index contributed by atoms with van der Waals surface area (Å²) in [6, 6.07) is 4.58. The highest BCUT2D eigenvalue weighted by Gasteiger charge is 2.39. The van der Waals surface area contributed by atoms with Crippen molar-refractivity contribution in [3.63, 3.8) is 0 Å². The van der Waals surface area contributed by atoms with E-state index in [1.807, 2.05) is 32.9 Å². The number of rotatable bonds is 4. The van der Waals surface area contributed by atoms with Gasteiger partial charge >= 0.3 is 0 Å². The molecular formula is C16H21ClN2O2. The second-order valence-electron chi connectivity index (χ2n) is 5.42. The van der Waals surface area contributed by atoms with Crippen LogP contribution in [0.15, 0.2) is 18.2 Å². The zero-order chi connectivity index (χ0) is 15.6. The molecule has 1 aromatic carbocycles. The molecule has 2 amide bonds. The number of carbonyl (C=O) groups excluding carboxylic acids is 2. The zero-order valence-electron chi connectivity index (χ0n) is 12.6. The van der Waals surface area contributed by atoms with Crippen LogP contribution in [0.5, 0.6) is 0 Å². The Morgan fingerprint density at radius 1 is 1.29 bits per heavy atom. The fourth-order valence-corrected chi connectivity index (χ4v) is 2.83. The highest BCUT2D eigenvalue weighted by atomic mass is 35.5. The molecule has 1 aliphatic rings. The first-order chi connectivity index (χ1) is 9.99. The molecule has 1 N–H and O–H groups in total. The summed E-state index contributed by atoms with van der Waals surface area (Å²) in [7, 11) is 0. The topological polar surface area (TPSA) is 49.4 Å². The van der Waals surface area contributed by atoms with E-state index in [0.717, 1.165) is 12.0 Å². The number of amides is 2. The maximum Gasteiger partial charge on any atom is 0.250 e. The fraction of sp³-hybridized carbons (Fsp3) is 0.500. The average Bonchev–Trinajstić information content (AvgIpc) is 2.45. The minimum Gasteiger partial charge on any atom is -0.342 e. The largest absolute Gasteiger partial charge is 0.342 e. The van der Waals surface area contributed by atoms with E-state index in [9.17, 15) is 9.59 Å². The van der Waals surface area contributed by atoms with Crippen LogP contribution >= 0.6 is 11.6 Å². The van der Waals surface area contributed by atoms with E-state index in [4.69, 9.17) is 11.6 Å². The lowest BCUT2D eigenvalue weighted by atomic mass is 10.0. The van der Waals surface area contributed by atoms with Gasteiger partial charge in [0.1, 0.15) is 12.1 Å². The maximum absolute atomic E-state index is 12.7. The first-order valence-electron chi connectivity index (χ1n) is 7.39. The lowest BCUT2D eigenvalue weighted by Crippen LogP contribution is -2.63. The molecule has 2 unspecified atom stereocenters. The van der Waals surface area contributed by atoms with Gasteiger partial charge in [-0.1, -0.05) is 37.9 Å². The number of nitrogens with one attached hydrogen (secondary N) is 1. The van der Waals surface area contributed by atoms with Crippen LogP contribution in [0.4, 0.5) is 5.69 Å². The molecule has 4 nitrogen and oxygen atoms in total. The van der Waals surface area contributed by atoms with Crippen molar-refractivity contribution < 1.29 is 9.59 Å². The third-order valence-electron chi connectivity index (χ3n) is 3.86. The zero-order valence-corrected chi connectivity index (χ0v) is 13.4. The monoisotopic (exact) mass is 308 g/mol. The molecule has 114 valence electrons. The van der Waals surface area contributed by atoms with Crippen LogP contribution in [0, 0.1) is 6.92 Å². The molecule has 0 spiro atoms. The van der Waals surface area contributed by atoms with Crippen LogP contribution in [0.3, 0.4) is 0 Å². The van der Waals surface area contributed by atoms with E-state index < -0.39 is 12.1 Å². The number of carbonyl (C=O) groups is 2. The minimum atomic E-state index is -0.468. The number of halogens is 1. The van der Waals surface area contributed by atoms with Gasteiger partial charge < -0.3 is 5.32 Å². The number of anilines is 1. The molecule has 21 heavy (non-hydrogen) atoms. The van der Waals surface area contributed by atoms with Crippen LogP contribution in [-0.4, -0.2) is 23.9 Å². The molecule has 0 bridgehead atoms. The molecule has 0 aliphatic carbocycles. The van der Waals surface area contributed by atoms with Crippen molar-refractivity contribution in [2.24, 2.45) is 0 Å². The summed E-state index contributed by atoms with van der Waals surface area (Å²) in [5.41, 5.74) is 1.64. The Morgan fingerprint density at radius 2 is 2.00 bits per heavy atom. The molecular weight excluding hydrogens is 288 g/mol. The molecule has 1 aliphatic heterocycles. The lowest BCUT2D eigenvalue weighted by Gasteiger charge is -2.38. The normalized spacial score (nSPS) is 22.4. The van der Waals surface area contributed by atoms with Gasteiger partial charge in [0.2, 0.25) is 11.8 Å². The van der Waals surface area contributed by atoms with Crippen molar-refractivity contribution in [2.75, 3.05) is 4.90 Å². The second-order valence-corrected chi connectivity index (χ2v) is 5.82. The number of nitrogens with zero attached hydrogens (tertiary/aromatic N) is 1. The lowest BCUT2D eigenvalue weighted by molar-refractivity contribution is -0.134. The summed E-state index contributed by atoms with van der Waals surface area (Å²) in [5, 5.41) is 3.44. The van der Waals surface area contributed by atoms with Gasteiger partial charge in [-0.2, -0.15) is 0 Å². The van der Waals surface area contributed by atoms with Crippen molar-refractivity contribution >= 4 is 29.1 Å². The Labute approximate surface area is 130 Å². The summed E-state index contributed by atoms with van der Waals surface area (Å²) in [5.74, 6) is -0.143. The molecule has 0 saturated carbocycles. The summed E-state index contributed by atoms with van der Waals surface area (Å²) in [4.78, 5) is 26.6. The predicted molar refractivity (Wildman–Crippen MR) is 84.6 cm³/mol. The molecule has 0 radical (unpaired) electrons. The van der Waals surface area contributed by atoms with E-state index in [0.29, 0.717) is 23.6 Å². The van der Waals surface area contributed by atoms with Crippen LogP contribution < -0.4 is 10.2 Å². The van der Waals surface area contributed by atoms with Crippen LogP contribution in [0.2, 0.25) is 5.02 Å². The SMILES string of the molecule is CCCC1NC(=O)C(CC)N(c2ccc(C)c(Cl)c2)C1=O. The molecule has 1 fully saturated rings. The van der Waals surface area contributed by atoms with Gasteiger partial charge in [0.15, 0.2) is 0 Å². The number of hydrogen-bond donors (Lipinski definition) is 1. The van der Waals surface area contributed by atoms with Gasteiger partial charge in [-0.15, -0.1) is 0 Å². The van der Waals surface area contributed by atoms with Gasteiger partial charge in [-0.3, -0.25) is 14.5 Å². The molecule has 5 heteroatoms. The quantitative estimate of drug-likeness (QED) is 0.929. The predicted octanol–water partition coefficient (Wildman–Crippen LogP) is 3.06. The fourth-order valence-electron chi connectivity index (χ4n) is 2.66. The molecule has 0 aromatic heterocycles. The highest BCUT2D eigenvalue weighted by Crippen LogP contribution is 2.28. The van der Waals surface area contributed by atoms with E-state index in [1.165, 1.54) is 0 Å². The number of piperazine rings is 1. The number of aryl methyl sites for hydroxylation is 1. The van der Waals surface area contributed by atoms with Crippen molar-refractivity contribution in [3.05, 3.63) is 28.8 Å². The first kappa shape index (κ1) is 15.8. The van der Waals surface area contributed by atoms with Crippen molar-refractivity contribution in [1.29, 1.82) is 0 Å². The molecule has 2 rings (SSSR count). The van der Waals surface area contributed by atoms with Crippen LogP contribution in [0.1, 0.15) is 38.7 Å². The summed E-state index contributed by atoms with van der Waals surface area (Å²) >= 11 is 6.17. The Morgan fingerprint density at radius 3 is 2.57 bits per heavy atom.